The van der Waals surface area contributed by atoms with Crippen LogP contribution in [0.1, 0.15) is 32.8 Å². The monoisotopic (exact) mass is 354 g/mol. The number of anilines is 2. The summed E-state index contributed by atoms with van der Waals surface area (Å²) in [6, 6.07) is 13.8. The van der Waals surface area contributed by atoms with Gasteiger partial charge in [-0.05, 0) is 35.2 Å². The van der Waals surface area contributed by atoms with E-state index in [9.17, 15) is 14.0 Å². The van der Waals surface area contributed by atoms with Crippen LogP contribution in [-0.2, 0) is 15.0 Å². The Kier molecular flexibility index (Phi) is 4.81. The summed E-state index contributed by atoms with van der Waals surface area (Å²) in [5.41, 5.74) is 2.14. The van der Waals surface area contributed by atoms with Crippen molar-refractivity contribution in [2.24, 2.45) is 5.92 Å². The summed E-state index contributed by atoms with van der Waals surface area (Å²) in [5, 5.41) is 2.86. The van der Waals surface area contributed by atoms with Gasteiger partial charge in [0.2, 0.25) is 11.8 Å². The van der Waals surface area contributed by atoms with Gasteiger partial charge in [-0.15, -0.1) is 0 Å². The average Bonchev–Trinajstić information content (AvgIpc) is 2.97. The van der Waals surface area contributed by atoms with Gasteiger partial charge in [0.15, 0.2) is 0 Å². The zero-order valence-electron chi connectivity index (χ0n) is 15.3. The minimum atomic E-state index is -0.496. The fraction of sp³-hybridized carbons (Fsp3) is 0.333. The van der Waals surface area contributed by atoms with Crippen LogP contribution in [-0.4, -0.2) is 18.4 Å². The molecular formula is C21H23FN2O2. The van der Waals surface area contributed by atoms with E-state index in [2.05, 4.69) is 26.1 Å². The summed E-state index contributed by atoms with van der Waals surface area (Å²) >= 11 is 0. The van der Waals surface area contributed by atoms with Gasteiger partial charge in [-0.25, -0.2) is 4.39 Å². The lowest BCUT2D eigenvalue weighted by Crippen LogP contribution is -2.28. The Morgan fingerprint density at radius 1 is 1.12 bits per heavy atom. The molecule has 1 aliphatic heterocycles. The molecule has 0 bridgehead atoms. The molecule has 1 N–H and O–H groups in total. The van der Waals surface area contributed by atoms with Crippen molar-refractivity contribution in [1.29, 1.82) is 0 Å². The first-order chi connectivity index (χ1) is 12.3. The van der Waals surface area contributed by atoms with Gasteiger partial charge in [0.25, 0.3) is 0 Å². The highest BCUT2D eigenvalue weighted by atomic mass is 19.1. The van der Waals surface area contributed by atoms with Gasteiger partial charge in [-0.1, -0.05) is 45.0 Å². The Balaban J connectivity index is 1.68. The molecule has 4 nitrogen and oxygen atoms in total. The number of hydrogen-bond acceptors (Lipinski definition) is 2. The summed E-state index contributed by atoms with van der Waals surface area (Å²) in [5.74, 6) is -1.41. The number of para-hydroxylation sites is 1. The fourth-order valence-electron chi connectivity index (χ4n) is 3.08. The van der Waals surface area contributed by atoms with E-state index in [1.807, 2.05) is 24.3 Å². The third-order valence-corrected chi connectivity index (χ3v) is 4.66. The maximum atomic E-state index is 13.9. The van der Waals surface area contributed by atoms with Crippen LogP contribution in [0, 0.1) is 11.7 Å². The minimum absolute atomic E-state index is 0.0423. The number of nitrogens with zero attached hydrogens (tertiary/aromatic N) is 1. The zero-order valence-corrected chi connectivity index (χ0v) is 15.3. The first-order valence-corrected chi connectivity index (χ1v) is 8.72. The lowest BCUT2D eigenvalue weighted by molar-refractivity contribution is -0.122. The summed E-state index contributed by atoms with van der Waals surface area (Å²) < 4.78 is 13.9. The van der Waals surface area contributed by atoms with Crippen LogP contribution in [0.15, 0.2) is 48.5 Å². The van der Waals surface area contributed by atoms with E-state index in [0.29, 0.717) is 5.69 Å². The summed E-state index contributed by atoms with van der Waals surface area (Å²) in [6.45, 7) is 6.57. The Morgan fingerprint density at radius 3 is 2.38 bits per heavy atom. The average molecular weight is 354 g/mol. The van der Waals surface area contributed by atoms with Crippen molar-refractivity contribution in [2.45, 2.75) is 32.6 Å². The van der Waals surface area contributed by atoms with Crippen molar-refractivity contribution in [3.8, 4) is 0 Å². The quantitative estimate of drug-likeness (QED) is 0.902. The first-order valence-electron chi connectivity index (χ1n) is 8.72. The largest absolute Gasteiger partial charge is 0.326 e. The van der Waals surface area contributed by atoms with Crippen molar-refractivity contribution in [3.63, 3.8) is 0 Å². The van der Waals surface area contributed by atoms with E-state index in [-0.39, 0.29) is 35.9 Å². The number of carbonyl (C=O) groups is 2. The standard InChI is InChI=1S/C21H23FN2O2/c1-21(2,3)15-8-10-16(11-9-15)23-20(26)14-12-19(25)24(13-14)18-7-5-4-6-17(18)22/h4-11,14H,12-13H2,1-3H3,(H,23,26). The number of rotatable bonds is 3. The van der Waals surface area contributed by atoms with E-state index >= 15 is 0 Å². The lowest BCUT2D eigenvalue weighted by Gasteiger charge is -2.19. The molecule has 2 aromatic rings. The predicted molar refractivity (Wildman–Crippen MR) is 101 cm³/mol. The van der Waals surface area contributed by atoms with Crippen LogP contribution < -0.4 is 10.2 Å². The van der Waals surface area contributed by atoms with Crippen LogP contribution in [0.25, 0.3) is 0 Å². The number of amides is 2. The molecule has 1 fully saturated rings. The van der Waals surface area contributed by atoms with Crippen LogP contribution >= 0.6 is 0 Å². The highest BCUT2D eigenvalue weighted by molar-refractivity contribution is 6.03. The van der Waals surface area contributed by atoms with Crippen molar-refractivity contribution in [1.82, 2.24) is 0 Å². The second kappa shape index (κ2) is 6.90. The maximum Gasteiger partial charge on any atom is 0.229 e. The molecule has 3 rings (SSSR count). The highest BCUT2D eigenvalue weighted by Gasteiger charge is 2.36. The van der Waals surface area contributed by atoms with Crippen LogP contribution in [0.4, 0.5) is 15.8 Å². The van der Waals surface area contributed by atoms with E-state index in [1.54, 1.807) is 18.2 Å². The highest BCUT2D eigenvalue weighted by Crippen LogP contribution is 2.28. The second-order valence-electron chi connectivity index (χ2n) is 7.67. The lowest BCUT2D eigenvalue weighted by atomic mass is 9.87. The molecule has 1 unspecified atom stereocenters. The number of halogens is 1. The summed E-state index contributed by atoms with van der Waals surface area (Å²) in [7, 11) is 0. The van der Waals surface area contributed by atoms with E-state index in [0.717, 1.165) is 0 Å². The Morgan fingerprint density at radius 2 is 1.77 bits per heavy atom. The van der Waals surface area contributed by atoms with Crippen LogP contribution in [0.5, 0.6) is 0 Å². The molecule has 26 heavy (non-hydrogen) atoms. The molecule has 0 saturated carbocycles. The van der Waals surface area contributed by atoms with Crippen LogP contribution in [0.3, 0.4) is 0 Å². The molecule has 0 aliphatic carbocycles. The number of benzene rings is 2. The molecule has 5 heteroatoms. The third kappa shape index (κ3) is 3.77. The summed E-state index contributed by atoms with van der Waals surface area (Å²) in [4.78, 5) is 26.1. The van der Waals surface area contributed by atoms with E-state index in [1.165, 1.54) is 16.5 Å². The molecule has 136 valence electrons. The first kappa shape index (κ1) is 18.1. The zero-order chi connectivity index (χ0) is 18.9. The van der Waals surface area contributed by atoms with Gasteiger partial charge >= 0.3 is 0 Å². The van der Waals surface area contributed by atoms with E-state index < -0.39 is 11.7 Å². The summed E-state index contributed by atoms with van der Waals surface area (Å²) in [6.07, 6.45) is 0.0836. The Bertz CT molecular complexity index is 825. The molecule has 2 aromatic carbocycles. The van der Waals surface area contributed by atoms with Gasteiger partial charge in [-0.2, -0.15) is 0 Å². The minimum Gasteiger partial charge on any atom is -0.326 e. The van der Waals surface area contributed by atoms with Crippen molar-refractivity contribution in [3.05, 3.63) is 59.9 Å². The molecule has 1 saturated heterocycles. The number of nitrogens with one attached hydrogen (secondary N) is 1. The molecule has 1 atom stereocenters. The van der Waals surface area contributed by atoms with Crippen LogP contribution in [0.2, 0.25) is 0 Å². The molecule has 1 heterocycles. The normalized spacial score (nSPS) is 17.5. The van der Waals surface area contributed by atoms with Gasteiger partial charge in [0.1, 0.15) is 5.82 Å². The number of carbonyl (C=O) groups excluding carboxylic acids is 2. The Labute approximate surface area is 153 Å². The van der Waals surface area contributed by atoms with Crippen molar-refractivity contribution < 1.29 is 14.0 Å². The van der Waals surface area contributed by atoms with Gasteiger partial charge < -0.3 is 10.2 Å². The molecule has 2 amide bonds. The molecule has 0 spiro atoms. The second-order valence-corrected chi connectivity index (χ2v) is 7.67. The SMILES string of the molecule is CC(C)(C)c1ccc(NC(=O)C2CC(=O)N(c3ccccc3F)C2)cc1. The van der Waals surface area contributed by atoms with Gasteiger partial charge in [0, 0.05) is 18.7 Å². The topological polar surface area (TPSA) is 49.4 Å². The fourth-order valence-corrected chi connectivity index (χ4v) is 3.08. The molecule has 1 aliphatic rings. The molecule has 0 radical (unpaired) electrons. The maximum absolute atomic E-state index is 13.9. The third-order valence-electron chi connectivity index (χ3n) is 4.66. The van der Waals surface area contributed by atoms with E-state index in [4.69, 9.17) is 0 Å². The van der Waals surface area contributed by atoms with Gasteiger partial charge in [-0.3, -0.25) is 9.59 Å². The van der Waals surface area contributed by atoms with Crippen molar-refractivity contribution >= 4 is 23.2 Å². The van der Waals surface area contributed by atoms with Gasteiger partial charge in [0.05, 0.1) is 11.6 Å². The Hall–Kier alpha value is -2.69. The predicted octanol–water partition coefficient (Wildman–Crippen LogP) is 4.11. The smallest absolute Gasteiger partial charge is 0.229 e. The van der Waals surface area contributed by atoms with Crippen molar-refractivity contribution in [2.75, 3.05) is 16.8 Å². The number of hydrogen-bond donors (Lipinski definition) is 1. The molecular weight excluding hydrogens is 331 g/mol. The molecule has 0 aromatic heterocycles.